The van der Waals surface area contributed by atoms with Crippen molar-refractivity contribution in [3.8, 4) is 0 Å². The van der Waals surface area contributed by atoms with Crippen molar-refractivity contribution in [3.63, 3.8) is 0 Å². The average molecular weight is 521 g/mol. The van der Waals surface area contributed by atoms with Crippen molar-refractivity contribution in [3.05, 3.63) is 42.5 Å². The minimum absolute atomic E-state index is 0.0217. The Labute approximate surface area is 206 Å². The molecular weight excluding hydrogens is 488 g/mol. The minimum Gasteiger partial charge on any atom is -0.394 e. The highest BCUT2D eigenvalue weighted by Crippen LogP contribution is 2.37. The molecule has 192 valence electrons. The molecule has 0 radical (unpaired) electrons. The first-order valence-electron chi connectivity index (χ1n) is 10.9. The normalized spacial score (nSPS) is 38.9. The molecule has 2 fully saturated rings. The summed E-state index contributed by atoms with van der Waals surface area (Å²) in [5.74, 6) is 0.414. The second kappa shape index (κ2) is 13.5. The SMILES string of the molecule is OC[C@H]1O[C@@H](OC/C=C/CS[C@@H]2[C@@H](O)[C@H](Sc3ccccc3)O[C@H](CO)[C@H]2O)[C@H](O)[C@@H](O)[C@@H]1O. The Kier molecular flexibility index (Phi) is 11.1. The molecule has 2 heterocycles. The van der Waals surface area contributed by atoms with Gasteiger partial charge in [0.1, 0.15) is 42.1 Å². The fraction of sp³-hybridized carbons (Fsp3) is 0.636. The van der Waals surface area contributed by atoms with Gasteiger partial charge in [0.25, 0.3) is 0 Å². The molecule has 10 atom stereocenters. The molecule has 12 heteroatoms. The lowest BCUT2D eigenvalue weighted by Crippen LogP contribution is -2.59. The molecule has 0 aromatic heterocycles. The number of hydrogen-bond acceptors (Lipinski definition) is 12. The first-order valence-corrected chi connectivity index (χ1v) is 12.8. The number of ether oxygens (including phenoxy) is 3. The van der Waals surface area contributed by atoms with Crippen LogP contribution in [0.3, 0.4) is 0 Å². The van der Waals surface area contributed by atoms with Crippen LogP contribution in [-0.2, 0) is 14.2 Å². The molecule has 1 aromatic rings. The fourth-order valence-electron chi connectivity index (χ4n) is 3.64. The van der Waals surface area contributed by atoms with Crippen LogP contribution in [0.4, 0.5) is 0 Å². The van der Waals surface area contributed by atoms with E-state index in [2.05, 4.69) is 0 Å². The highest BCUT2D eigenvalue weighted by Gasteiger charge is 2.45. The molecule has 0 spiro atoms. The largest absolute Gasteiger partial charge is 0.394 e. The summed E-state index contributed by atoms with van der Waals surface area (Å²) in [6.07, 6.45) is -6.15. The fourth-order valence-corrected chi connectivity index (χ4v) is 6.01. The van der Waals surface area contributed by atoms with Crippen LogP contribution in [0.2, 0.25) is 0 Å². The predicted molar refractivity (Wildman–Crippen MR) is 125 cm³/mol. The Hall–Kier alpha value is -0.740. The van der Waals surface area contributed by atoms with E-state index in [1.165, 1.54) is 23.5 Å². The third kappa shape index (κ3) is 6.93. The van der Waals surface area contributed by atoms with Gasteiger partial charge >= 0.3 is 0 Å². The summed E-state index contributed by atoms with van der Waals surface area (Å²) in [7, 11) is 0. The standard InChI is InChI=1S/C22H32O10S2/c23-10-13-15(25)17(27)18(28)21(31-13)30-8-4-5-9-33-20-16(26)14(11-24)32-22(19(20)29)34-12-6-2-1-3-7-12/h1-7,13-29H,8-11H2/b5-4+/t13-,14-,15-,16-,17+,18-,19-,20+,21-,22+/m1/s1. The van der Waals surface area contributed by atoms with E-state index in [0.717, 1.165) is 4.90 Å². The molecule has 7 N–H and O–H groups in total. The van der Waals surface area contributed by atoms with Crippen LogP contribution in [0.25, 0.3) is 0 Å². The average Bonchev–Trinajstić information content (AvgIpc) is 2.85. The molecule has 10 nitrogen and oxygen atoms in total. The second-order valence-corrected chi connectivity index (χ2v) is 10.3. The van der Waals surface area contributed by atoms with E-state index in [9.17, 15) is 35.7 Å². The van der Waals surface area contributed by atoms with Crippen LogP contribution in [0.5, 0.6) is 0 Å². The topological polar surface area (TPSA) is 169 Å². The monoisotopic (exact) mass is 520 g/mol. The van der Waals surface area contributed by atoms with Gasteiger partial charge in [0.05, 0.1) is 31.2 Å². The lowest BCUT2D eigenvalue weighted by molar-refractivity contribution is -0.298. The van der Waals surface area contributed by atoms with Crippen molar-refractivity contribution in [2.75, 3.05) is 25.6 Å². The highest BCUT2D eigenvalue weighted by atomic mass is 32.2. The molecule has 2 aliphatic heterocycles. The van der Waals surface area contributed by atoms with E-state index in [4.69, 9.17) is 14.2 Å². The number of aliphatic hydroxyl groups is 7. The minimum atomic E-state index is -1.51. The maximum absolute atomic E-state index is 10.8. The van der Waals surface area contributed by atoms with Crippen molar-refractivity contribution >= 4 is 23.5 Å². The first-order chi connectivity index (χ1) is 16.4. The van der Waals surface area contributed by atoms with E-state index in [1.807, 2.05) is 30.3 Å². The molecule has 34 heavy (non-hydrogen) atoms. The van der Waals surface area contributed by atoms with Gasteiger partial charge in [0.15, 0.2) is 6.29 Å². The van der Waals surface area contributed by atoms with Gasteiger partial charge in [-0.25, -0.2) is 0 Å². The van der Waals surface area contributed by atoms with Crippen LogP contribution >= 0.6 is 23.5 Å². The Morgan fingerprint density at radius 3 is 2.15 bits per heavy atom. The zero-order chi connectivity index (χ0) is 24.7. The third-order valence-electron chi connectivity index (χ3n) is 5.57. The van der Waals surface area contributed by atoms with E-state index >= 15 is 0 Å². The lowest BCUT2D eigenvalue weighted by atomic mass is 9.99. The molecule has 0 aliphatic carbocycles. The van der Waals surface area contributed by atoms with E-state index in [1.54, 1.807) is 12.2 Å². The summed E-state index contributed by atoms with van der Waals surface area (Å²) in [4.78, 5) is 0.897. The zero-order valence-electron chi connectivity index (χ0n) is 18.3. The number of rotatable bonds is 10. The molecule has 1 aromatic carbocycles. The van der Waals surface area contributed by atoms with E-state index in [-0.39, 0.29) is 13.2 Å². The van der Waals surface area contributed by atoms with Crippen molar-refractivity contribution in [2.45, 2.75) is 64.6 Å². The zero-order valence-corrected chi connectivity index (χ0v) is 19.9. The van der Waals surface area contributed by atoms with Crippen LogP contribution in [0, 0.1) is 0 Å². The quantitative estimate of drug-likeness (QED) is 0.182. The van der Waals surface area contributed by atoms with Gasteiger partial charge in [-0.3, -0.25) is 0 Å². The second-order valence-electron chi connectivity index (χ2n) is 7.94. The molecule has 2 saturated heterocycles. The van der Waals surface area contributed by atoms with Crippen LogP contribution < -0.4 is 0 Å². The van der Waals surface area contributed by atoms with Gasteiger partial charge in [-0.15, -0.1) is 11.8 Å². The molecule has 0 bridgehead atoms. The summed E-state index contributed by atoms with van der Waals surface area (Å²) >= 11 is 2.63. The highest BCUT2D eigenvalue weighted by molar-refractivity contribution is 8.01. The number of thioether (sulfide) groups is 2. The van der Waals surface area contributed by atoms with Crippen LogP contribution in [0.1, 0.15) is 0 Å². The van der Waals surface area contributed by atoms with Gasteiger partial charge in [-0.1, -0.05) is 42.1 Å². The predicted octanol–water partition coefficient (Wildman–Crippen LogP) is -1.31. The van der Waals surface area contributed by atoms with Gasteiger partial charge in [0, 0.05) is 10.6 Å². The number of hydrogen-bond donors (Lipinski definition) is 7. The van der Waals surface area contributed by atoms with Gasteiger partial charge in [-0.2, -0.15) is 0 Å². The summed E-state index contributed by atoms with van der Waals surface area (Å²) in [5.41, 5.74) is -0.654. The molecular formula is C22H32O10S2. The Morgan fingerprint density at radius 1 is 0.794 bits per heavy atom. The smallest absolute Gasteiger partial charge is 0.187 e. The van der Waals surface area contributed by atoms with Crippen LogP contribution in [0.15, 0.2) is 47.4 Å². The number of aliphatic hydroxyl groups excluding tert-OH is 7. The van der Waals surface area contributed by atoms with Gasteiger partial charge < -0.3 is 50.0 Å². The molecule has 3 rings (SSSR count). The van der Waals surface area contributed by atoms with Crippen molar-refractivity contribution in [2.24, 2.45) is 0 Å². The third-order valence-corrected chi connectivity index (χ3v) is 8.07. The maximum atomic E-state index is 10.8. The maximum Gasteiger partial charge on any atom is 0.187 e. The Morgan fingerprint density at radius 2 is 1.47 bits per heavy atom. The van der Waals surface area contributed by atoms with Crippen molar-refractivity contribution in [1.29, 1.82) is 0 Å². The molecule has 2 aliphatic rings. The summed E-state index contributed by atoms with van der Waals surface area (Å²) < 4.78 is 16.4. The van der Waals surface area contributed by atoms with Crippen molar-refractivity contribution in [1.82, 2.24) is 0 Å². The molecule has 0 unspecified atom stereocenters. The van der Waals surface area contributed by atoms with Gasteiger partial charge in [0.2, 0.25) is 0 Å². The van der Waals surface area contributed by atoms with E-state index < -0.39 is 66.3 Å². The van der Waals surface area contributed by atoms with Gasteiger partial charge in [-0.05, 0) is 12.1 Å². The van der Waals surface area contributed by atoms with Crippen LogP contribution in [-0.4, -0.2) is 121 Å². The Bertz CT molecular complexity index is 754. The Balaban J connectivity index is 1.49. The molecule has 0 saturated carbocycles. The summed E-state index contributed by atoms with van der Waals surface area (Å²) in [6.45, 7) is -0.890. The lowest BCUT2D eigenvalue weighted by Gasteiger charge is -2.41. The molecule has 0 amide bonds. The summed E-state index contributed by atoms with van der Waals surface area (Å²) in [6, 6.07) is 9.41. The van der Waals surface area contributed by atoms with E-state index in [0.29, 0.717) is 5.75 Å². The number of benzene rings is 1. The van der Waals surface area contributed by atoms with Crippen molar-refractivity contribution < 1.29 is 50.0 Å². The summed E-state index contributed by atoms with van der Waals surface area (Å²) in [5, 5.41) is 69.1. The first kappa shape index (κ1) is 27.8.